The van der Waals surface area contributed by atoms with Crippen LogP contribution in [0.25, 0.3) is 0 Å². The Morgan fingerprint density at radius 3 is 3.07 bits per heavy atom. The fourth-order valence-corrected chi connectivity index (χ4v) is 2.30. The molecule has 0 bridgehead atoms. The zero-order valence-electron chi connectivity index (χ0n) is 9.31. The first kappa shape index (κ1) is 10.6. The second-order valence-electron chi connectivity index (χ2n) is 4.36. The van der Waals surface area contributed by atoms with Crippen molar-refractivity contribution in [3.8, 4) is 0 Å². The number of aryl methyl sites for hydroxylation is 1. The highest BCUT2D eigenvalue weighted by Gasteiger charge is 2.37. The molecule has 0 saturated heterocycles. The van der Waals surface area contributed by atoms with Crippen LogP contribution in [0.3, 0.4) is 0 Å². The molecule has 4 nitrogen and oxygen atoms in total. The number of hydrogen-bond acceptors (Lipinski definition) is 3. The summed E-state index contributed by atoms with van der Waals surface area (Å²) < 4.78 is 7.05. The monoisotopic (exact) mass is 210 g/mol. The first-order valence-corrected chi connectivity index (χ1v) is 5.39. The third-order valence-corrected chi connectivity index (χ3v) is 3.21. The van der Waals surface area contributed by atoms with Crippen molar-refractivity contribution in [2.75, 3.05) is 7.11 Å². The molecule has 1 saturated carbocycles. The van der Waals surface area contributed by atoms with Crippen LogP contribution < -0.4 is 0 Å². The minimum absolute atomic E-state index is 0.158. The van der Waals surface area contributed by atoms with Crippen LogP contribution in [-0.4, -0.2) is 28.1 Å². The lowest BCUT2D eigenvalue weighted by molar-refractivity contribution is -0.0659. The number of ether oxygens (including phenoxy) is 1. The van der Waals surface area contributed by atoms with Crippen LogP contribution in [0.1, 0.15) is 31.4 Å². The molecule has 2 atom stereocenters. The van der Waals surface area contributed by atoms with Gasteiger partial charge in [0.1, 0.15) is 5.60 Å². The highest BCUT2D eigenvalue weighted by molar-refractivity contribution is 5.12. The topological polar surface area (TPSA) is 47.3 Å². The molecule has 15 heavy (non-hydrogen) atoms. The first-order chi connectivity index (χ1) is 7.14. The third-order valence-electron chi connectivity index (χ3n) is 3.21. The molecule has 0 spiro atoms. The molecule has 0 amide bonds. The van der Waals surface area contributed by atoms with Gasteiger partial charge in [0.05, 0.1) is 11.8 Å². The van der Waals surface area contributed by atoms with E-state index < -0.39 is 5.60 Å². The van der Waals surface area contributed by atoms with Crippen LogP contribution in [0.2, 0.25) is 0 Å². The van der Waals surface area contributed by atoms with Gasteiger partial charge in [0.25, 0.3) is 0 Å². The summed E-state index contributed by atoms with van der Waals surface area (Å²) in [7, 11) is 3.57. The van der Waals surface area contributed by atoms with Crippen LogP contribution in [0.15, 0.2) is 12.3 Å². The predicted octanol–water partition coefficient (Wildman–Crippen LogP) is 1.20. The van der Waals surface area contributed by atoms with Gasteiger partial charge in [0.15, 0.2) is 0 Å². The van der Waals surface area contributed by atoms with E-state index in [1.165, 1.54) is 0 Å². The van der Waals surface area contributed by atoms with Crippen molar-refractivity contribution in [1.29, 1.82) is 0 Å². The molecule has 1 heterocycles. The van der Waals surface area contributed by atoms with Crippen molar-refractivity contribution < 1.29 is 9.84 Å². The van der Waals surface area contributed by atoms with E-state index in [0.29, 0.717) is 6.42 Å². The molecular formula is C11H18N2O2. The van der Waals surface area contributed by atoms with E-state index in [-0.39, 0.29) is 6.10 Å². The van der Waals surface area contributed by atoms with Crippen molar-refractivity contribution in [2.24, 2.45) is 7.05 Å². The van der Waals surface area contributed by atoms with Gasteiger partial charge in [-0.3, -0.25) is 4.68 Å². The Kier molecular flexibility index (Phi) is 2.80. The standard InChI is InChI=1S/C11H18N2O2/c1-13-7-5-10(12-13)11(14)6-3-4-9(8-11)15-2/h5,7,9,14H,3-4,6,8H2,1-2H3. The van der Waals surface area contributed by atoms with E-state index in [9.17, 15) is 5.11 Å². The second kappa shape index (κ2) is 3.94. The average molecular weight is 210 g/mol. The molecule has 2 unspecified atom stereocenters. The van der Waals surface area contributed by atoms with Crippen LogP contribution in [0.5, 0.6) is 0 Å². The number of rotatable bonds is 2. The van der Waals surface area contributed by atoms with Crippen LogP contribution in [0.4, 0.5) is 0 Å². The molecule has 2 rings (SSSR count). The molecule has 1 N–H and O–H groups in total. The molecule has 1 aromatic rings. The molecule has 1 fully saturated rings. The summed E-state index contributed by atoms with van der Waals surface area (Å²) in [4.78, 5) is 0. The Labute approximate surface area is 89.9 Å². The molecule has 84 valence electrons. The van der Waals surface area contributed by atoms with Gasteiger partial charge in [-0.05, 0) is 25.3 Å². The fraction of sp³-hybridized carbons (Fsp3) is 0.727. The summed E-state index contributed by atoms with van der Waals surface area (Å²) in [6, 6.07) is 1.89. The summed E-state index contributed by atoms with van der Waals surface area (Å²) in [6.07, 6.45) is 5.48. The molecule has 1 aromatic heterocycles. The Morgan fingerprint density at radius 1 is 1.67 bits per heavy atom. The van der Waals surface area contributed by atoms with Crippen LogP contribution in [0, 0.1) is 0 Å². The largest absolute Gasteiger partial charge is 0.383 e. The summed E-state index contributed by atoms with van der Waals surface area (Å²) in [6.45, 7) is 0. The molecular weight excluding hydrogens is 192 g/mol. The van der Waals surface area contributed by atoms with E-state index in [1.807, 2.05) is 19.3 Å². The summed E-state index contributed by atoms with van der Waals surface area (Å²) in [5, 5.41) is 14.8. The SMILES string of the molecule is COC1CCCC(O)(c2ccn(C)n2)C1. The summed E-state index contributed by atoms with van der Waals surface area (Å²) in [5.74, 6) is 0. The fourth-order valence-electron chi connectivity index (χ4n) is 2.30. The number of nitrogens with zero attached hydrogens (tertiary/aromatic N) is 2. The van der Waals surface area contributed by atoms with Gasteiger partial charge >= 0.3 is 0 Å². The zero-order chi connectivity index (χ0) is 10.9. The summed E-state index contributed by atoms with van der Waals surface area (Å²) >= 11 is 0. The molecule has 0 radical (unpaired) electrons. The second-order valence-corrected chi connectivity index (χ2v) is 4.36. The Bertz CT molecular complexity index is 337. The molecule has 1 aliphatic carbocycles. The smallest absolute Gasteiger partial charge is 0.111 e. The molecule has 0 aliphatic heterocycles. The maximum absolute atomic E-state index is 10.5. The predicted molar refractivity (Wildman–Crippen MR) is 56.4 cm³/mol. The molecule has 0 aromatic carbocycles. The van der Waals surface area contributed by atoms with Crippen molar-refractivity contribution in [3.63, 3.8) is 0 Å². The number of aliphatic hydroxyl groups is 1. The minimum atomic E-state index is -0.791. The van der Waals surface area contributed by atoms with Crippen molar-refractivity contribution in [1.82, 2.24) is 9.78 Å². The number of methoxy groups -OCH3 is 1. The van der Waals surface area contributed by atoms with E-state index in [2.05, 4.69) is 5.10 Å². The van der Waals surface area contributed by atoms with Crippen molar-refractivity contribution in [2.45, 2.75) is 37.4 Å². The normalized spacial score (nSPS) is 31.8. The quantitative estimate of drug-likeness (QED) is 0.797. The molecule has 1 aliphatic rings. The lowest BCUT2D eigenvalue weighted by atomic mass is 9.81. The minimum Gasteiger partial charge on any atom is -0.383 e. The van der Waals surface area contributed by atoms with Crippen molar-refractivity contribution >= 4 is 0 Å². The van der Waals surface area contributed by atoms with Gasteiger partial charge in [0, 0.05) is 26.8 Å². The number of aromatic nitrogens is 2. The van der Waals surface area contributed by atoms with Crippen LogP contribution in [-0.2, 0) is 17.4 Å². The number of hydrogen-bond donors (Lipinski definition) is 1. The maximum atomic E-state index is 10.5. The average Bonchev–Trinajstić information content (AvgIpc) is 2.65. The van der Waals surface area contributed by atoms with Gasteiger partial charge in [-0.25, -0.2) is 0 Å². The van der Waals surface area contributed by atoms with Gasteiger partial charge in [-0.2, -0.15) is 5.10 Å². The summed E-state index contributed by atoms with van der Waals surface area (Å²) in [5.41, 5.74) is -0.0213. The molecule has 4 heteroatoms. The third kappa shape index (κ3) is 2.06. The van der Waals surface area contributed by atoms with Gasteiger partial charge in [-0.1, -0.05) is 0 Å². The lowest BCUT2D eigenvalue weighted by Gasteiger charge is -2.34. The highest BCUT2D eigenvalue weighted by Crippen LogP contribution is 2.36. The van der Waals surface area contributed by atoms with Crippen LogP contribution >= 0.6 is 0 Å². The maximum Gasteiger partial charge on any atom is 0.111 e. The van der Waals surface area contributed by atoms with Gasteiger partial charge in [0.2, 0.25) is 0 Å². The van der Waals surface area contributed by atoms with E-state index in [0.717, 1.165) is 25.0 Å². The Balaban J connectivity index is 2.18. The lowest BCUT2D eigenvalue weighted by Crippen LogP contribution is -2.36. The van der Waals surface area contributed by atoms with Crippen molar-refractivity contribution in [3.05, 3.63) is 18.0 Å². The van der Waals surface area contributed by atoms with Gasteiger partial charge < -0.3 is 9.84 Å². The Hall–Kier alpha value is -0.870. The Morgan fingerprint density at radius 2 is 2.47 bits per heavy atom. The van der Waals surface area contributed by atoms with Gasteiger partial charge in [-0.15, -0.1) is 0 Å². The zero-order valence-corrected chi connectivity index (χ0v) is 9.31. The highest BCUT2D eigenvalue weighted by atomic mass is 16.5. The van der Waals surface area contributed by atoms with E-state index in [4.69, 9.17) is 4.74 Å². The van der Waals surface area contributed by atoms with E-state index in [1.54, 1.807) is 11.8 Å². The first-order valence-electron chi connectivity index (χ1n) is 5.39. The van der Waals surface area contributed by atoms with E-state index >= 15 is 0 Å².